The SMILES string of the molecule is CSC1(C(=O)O)CN(C(C)=O)C1. The number of carbonyl (C=O) groups excluding carboxylic acids is 1. The molecule has 0 aliphatic carbocycles. The summed E-state index contributed by atoms with van der Waals surface area (Å²) in [5.74, 6) is -0.881. The van der Waals surface area contributed by atoms with Gasteiger partial charge in [0, 0.05) is 20.0 Å². The van der Waals surface area contributed by atoms with Gasteiger partial charge in [-0.1, -0.05) is 0 Å². The number of carbonyl (C=O) groups is 2. The second-order valence-corrected chi connectivity index (χ2v) is 4.07. The molecule has 0 saturated carbocycles. The molecule has 5 heteroatoms. The van der Waals surface area contributed by atoms with E-state index in [0.29, 0.717) is 13.1 Å². The number of likely N-dealkylation sites (tertiary alicyclic amines) is 1. The van der Waals surface area contributed by atoms with E-state index in [1.807, 2.05) is 0 Å². The molecule has 1 heterocycles. The van der Waals surface area contributed by atoms with Crippen LogP contribution in [0.2, 0.25) is 0 Å². The topological polar surface area (TPSA) is 57.6 Å². The number of nitrogens with zero attached hydrogens (tertiary/aromatic N) is 1. The third kappa shape index (κ3) is 1.29. The summed E-state index contributed by atoms with van der Waals surface area (Å²) in [7, 11) is 0. The average molecular weight is 189 g/mol. The highest BCUT2D eigenvalue weighted by Crippen LogP contribution is 2.33. The highest BCUT2D eigenvalue weighted by atomic mass is 32.2. The zero-order valence-electron chi connectivity index (χ0n) is 7.03. The molecule has 1 fully saturated rings. The first-order chi connectivity index (χ1) is 5.52. The van der Waals surface area contributed by atoms with E-state index in [9.17, 15) is 9.59 Å². The number of amides is 1. The predicted octanol–water partition coefficient (Wildman–Crippen LogP) is 0.0349. The summed E-state index contributed by atoms with van der Waals surface area (Å²) in [6.07, 6.45) is 1.76. The van der Waals surface area contributed by atoms with Crippen LogP contribution in [-0.2, 0) is 9.59 Å². The first-order valence-corrected chi connectivity index (χ1v) is 4.78. The van der Waals surface area contributed by atoms with Crippen LogP contribution in [0.4, 0.5) is 0 Å². The standard InChI is InChI=1S/C7H11NO3S/c1-5(9)8-3-7(4-8,12-2)6(10)11/h3-4H2,1-2H3,(H,10,11). The van der Waals surface area contributed by atoms with Crippen molar-refractivity contribution in [2.24, 2.45) is 0 Å². The summed E-state index contributed by atoms with van der Waals surface area (Å²) < 4.78 is -0.744. The Balaban J connectivity index is 2.58. The third-order valence-electron chi connectivity index (χ3n) is 2.12. The molecule has 4 nitrogen and oxygen atoms in total. The van der Waals surface area contributed by atoms with E-state index in [-0.39, 0.29) is 5.91 Å². The maximum Gasteiger partial charge on any atom is 0.323 e. The fourth-order valence-corrected chi connectivity index (χ4v) is 1.89. The van der Waals surface area contributed by atoms with Crippen molar-refractivity contribution in [2.45, 2.75) is 11.7 Å². The molecular formula is C7H11NO3S. The monoisotopic (exact) mass is 189 g/mol. The molecule has 0 radical (unpaired) electrons. The van der Waals surface area contributed by atoms with E-state index < -0.39 is 10.7 Å². The Labute approximate surface area is 74.9 Å². The van der Waals surface area contributed by atoms with E-state index in [2.05, 4.69) is 0 Å². The lowest BCUT2D eigenvalue weighted by Gasteiger charge is -2.45. The van der Waals surface area contributed by atoms with Gasteiger partial charge in [0.25, 0.3) is 0 Å². The highest BCUT2D eigenvalue weighted by molar-refractivity contribution is 8.00. The summed E-state index contributed by atoms with van der Waals surface area (Å²) in [5.41, 5.74) is 0. The Hall–Kier alpha value is -0.710. The molecule has 1 saturated heterocycles. The molecule has 0 unspecified atom stereocenters. The lowest BCUT2D eigenvalue weighted by Crippen LogP contribution is -2.64. The smallest absolute Gasteiger partial charge is 0.323 e. The van der Waals surface area contributed by atoms with E-state index in [4.69, 9.17) is 5.11 Å². The van der Waals surface area contributed by atoms with Crippen LogP contribution in [0, 0.1) is 0 Å². The zero-order chi connectivity index (χ0) is 9.35. The van der Waals surface area contributed by atoms with Gasteiger partial charge in [-0.25, -0.2) is 0 Å². The van der Waals surface area contributed by atoms with E-state index in [1.165, 1.54) is 23.6 Å². The Bertz CT molecular complexity index is 223. The first kappa shape index (κ1) is 9.38. The molecule has 12 heavy (non-hydrogen) atoms. The van der Waals surface area contributed by atoms with Gasteiger partial charge >= 0.3 is 5.97 Å². The lowest BCUT2D eigenvalue weighted by atomic mass is 9.99. The molecule has 0 atom stereocenters. The summed E-state index contributed by atoms with van der Waals surface area (Å²) in [6, 6.07) is 0. The lowest BCUT2D eigenvalue weighted by molar-refractivity contribution is -0.148. The van der Waals surface area contributed by atoms with Gasteiger partial charge in [0.2, 0.25) is 5.91 Å². The van der Waals surface area contributed by atoms with Crippen molar-refractivity contribution in [3.8, 4) is 0 Å². The quantitative estimate of drug-likeness (QED) is 0.666. The van der Waals surface area contributed by atoms with E-state index >= 15 is 0 Å². The Morgan fingerprint density at radius 1 is 1.50 bits per heavy atom. The van der Waals surface area contributed by atoms with Crippen molar-refractivity contribution in [1.82, 2.24) is 4.90 Å². The molecule has 0 aromatic heterocycles. The number of carboxylic acid groups (broad SMARTS) is 1. The van der Waals surface area contributed by atoms with Crippen molar-refractivity contribution >= 4 is 23.6 Å². The summed E-state index contributed by atoms with van der Waals surface area (Å²) in [5, 5.41) is 8.82. The fraction of sp³-hybridized carbons (Fsp3) is 0.714. The molecule has 1 N–H and O–H groups in total. The van der Waals surface area contributed by atoms with Crippen LogP contribution in [0.25, 0.3) is 0 Å². The van der Waals surface area contributed by atoms with Gasteiger partial charge in [-0.3, -0.25) is 9.59 Å². The fourth-order valence-electron chi connectivity index (χ4n) is 1.14. The van der Waals surface area contributed by atoms with Gasteiger partial charge in [-0.2, -0.15) is 0 Å². The maximum absolute atomic E-state index is 10.8. The van der Waals surface area contributed by atoms with Gasteiger partial charge < -0.3 is 10.0 Å². The number of rotatable bonds is 2. The van der Waals surface area contributed by atoms with Crippen molar-refractivity contribution in [3.63, 3.8) is 0 Å². The minimum atomic E-state index is -0.826. The van der Waals surface area contributed by atoms with E-state index in [0.717, 1.165) is 0 Å². The molecule has 1 amide bonds. The van der Waals surface area contributed by atoms with Crippen LogP contribution in [-0.4, -0.2) is 46.0 Å². The van der Waals surface area contributed by atoms with E-state index in [1.54, 1.807) is 6.26 Å². The normalized spacial score (nSPS) is 20.0. The Morgan fingerprint density at radius 3 is 2.25 bits per heavy atom. The van der Waals surface area contributed by atoms with Crippen molar-refractivity contribution in [3.05, 3.63) is 0 Å². The molecule has 68 valence electrons. The molecule has 0 aromatic carbocycles. The summed E-state index contributed by atoms with van der Waals surface area (Å²) in [6.45, 7) is 2.11. The van der Waals surface area contributed by atoms with Crippen LogP contribution in [0.1, 0.15) is 6.92 Å². The molecule has 0 bridgehead atoms. The number of aliphatic carboxylic acids is 1. The van der Waals surface area contributed by atoms with Crippen molar-refractivity contribution in [2.75, 3.05) is 19.3 Å². The number of thioether (sulfide) groups is 1. The predicted molar refractivity (Wildman–Crippen MR) is 46.1 cm³/mol. The van der Waals surface area contributed by atoms with Crippen LogP contribution in [0.3, 0.4) is 0 Å². The molecular weight excluding hydrogens is 178 g/mol. The second-order valence-electron chi connectivity index (χ2n) is 2.88. The minimum Gasteiger partial charge on any atom is -0.480 e. The number of hydrogen-bond acceptors (Lipinski definition) is 3. The van der Waals surface area contributed by atoms with Gasteiger partial charge in [0.15, 0.2) is 0 Å². The van der Waals surface area contributed by atoms with Crippen LogP contribution < -0.4 is 0 Å². The molecule has 0 aromatic rings. The molecule has 0 spiro atoms. The Kier molecular flexibility index (Phi) is 2.32. The van der Waals surface area contributed by atoms with Crippen molar-refractivity contribution < 1.29 is 14.7 Å². The summed E-state index contributed by atoms with van der Waals surface area (Å²) >= 11 is 1.29. The third-order valence-corrected chi connectivity index (χ3v) is 3.33. The average Bonchev–Trinajstić information content (AvgIpc) is 1.84. The minimum absolute atomic E-state index is 0.0547. The van der Waals surface area contributed by atoms with Crippen LogP contribution >= 0.6 is 11.8 Å². The summed E-state index contributed by atoms with van der Waals surface area (Å²) in [4.78, 5) is 23.1. The van der Waals surface area contributed by atoms with Crippen LogP contribution in [0.15, 0.2) is 0 Å². The number of hydrogen-bond donors (Lipinski definition) is 1. The number of carboxylic acids is 1. The van der Waals surface area contributed by atoms with Crippen molar-refractivity contribution in [1.29, 1.82) is 0 Å². The second kappa shape index (κ2) is 2.97. The molecule has 1 aliphatic heterocycles. The highest BCUT2D eigenvalue weighted by Gasteiger charge is 2.50. The Morgan fingerprint density at radius 2 is 2.00 bits per heavy atom. The van der Waals surface area contributed by atoms with Gasteiger partial charge in [0.1, 0.15) is 4.75 Å². The molecule has 1 aliphatic rings. The van der Waals surface area contributed by atoms with Gasteiger partial charge in [0.05, 0.1) is 0 Å². The van der Waals surface area contributed by atoms with Gasteiger partial charge in [-0.05, 0) is 6.26 Å². The zero-order valence-corrected chi connectivity index (χ0v) is 7.85. The maximum atomic E-state index is 10.8. The molecule has 1 rings (SSSR count). The van der Waals surface area contributed by atoms with Crippen LogP contribution in [0.5, 0.6) is 0 Å². The van der Waals surface area contributed by atoms with Gasteiger partial charge in [-0.15, -0.1) is 11.8 Å². The largest absolute Gasteiger partial charge is 0.480 e. The first-order valence-electron chi connectivity index (χ1n) is 3.56.